The molecule has 0 bridgehead atoms. The Hall–Kier alpha value is -0.830. The molecule has 0 spiro atoms. The van der Waals surface area contributed by atoms with Crippen molar-refractivity contribution in [1.29, 1.82) is 0 Å². The standard InChI is InChI=1S/C9H16N2O/c1-3-5-11-6-4-10-9(11)7-8(2)12/h4,6,8,12H,3,5,7H2,1-2H3. The van der Waals surface area contributed by atoms with Crippen LogP contribution < -0.4 is 0 Å². The predicted octanol–water partition coefficient (Wildman–Crippen LogP) is 1.22. The zero-order valence-corrected chi connectivity index (χ0v) is 7.70. The molecule has 0 saturated carbocycles. The van der Waals surface area contributed by atoms with E-state index < -0.39 is 0 Å². The van der Waals surface area contributed by atoms with Gasteiger partial charge in [-0.25, -0.2) is 4.98 Å². The average molecular weight is 168 g/mol. The molecule has 0 aliphatic rings. The molecule has 1 aromatic rings. The Morgan fingerprint density at radius 2 is 2.42 bits per heavy atom. The molecular weight excluding hydrogens is 152 g/mol. The molecule has 0 saturated heterocycles. The third-order valence-electron chi connectivity index (χ3n) is 1.74. The molecule has 1 atom stereocenters. The highest BCUT2D eigenvalue weighted by atomic mass is 16.3. The highest BCUT2D eigenvalue weighted by molar-refractivity contribution is 4.93. The number of hydrogen-bond acceptors (Lipinski definition) is 2. The summed E-state index contributed by atoms with van der Waals surface area (Å²) in [6.45, 7) is 4.90. The van der Waals surface area contributed by atoms with Gasteiger partial charge in [-0.05, 0) is 13.3 Å². The van der Waals surface area contributed by atoms with Gasteiger partial charge in [0.05, 0.1) is 6.10 Å². The Morgan fingerprint density at radius 3 is 3.00 bits per heavy atom. The number of imidazole rings is 1. The van der Waals surface area contributed by atoms with Crippen LogP contribution in [0.25, 0.3) is 0 Å². The summed E-state index contributed by atoms with van der Waals surface area (Å²) in [7, 11) is 0. The van der Waals surface area contributed by atoms with Crippen LogP contribution in [0.2, 0.25) is 0 Å². The van der Waals surface area contributed by atoms with Crippen LogP contribution in [0.3, 0.4) is 0 Å². The largest absolute Gasteiger partial charge is 0.393 e. The molecule has 0 aromatic carbocycles. The monoisotopic (exact) mass is 168 g/mol. The van der Waals surface area contributed by atoms with E-state index >= 15 is 0 Å². The van der Waals surface area contributed by atoms with Crippen molar-refractivity contribution in [2.75, 3.05) is 0 Å². The molecule has 0 fully saturated rings. The molecule has 0 aliphatic heterocycles. The SMILES string of the molecule is CCCn1ccnc1CC(C)O. The van der Waals surface area contributed by atoms with Gasteiger partial charge in [0.25, 0.3) is 0 Å². The first-order valence-electron chi connectivity index (χ1n) is 4.42. The Bertz CT molecular complexity index is 230. The van der Waals surface area contributed by atoms with E-state index in [0.717, 1.165) is 18.8 Å². The van der Waals surface area contributed by atoms with Crippen molar-refractivity contribution in [2.24, 2.45) is 0 Å². The Kier molecular flexibility index (Phi) is 3.29. The summed E-state index contributed by atoms with van der Waals surface area (Å²) in [6, 6.07) is 0. The molecule has 3 heteroatoms. The van der Waals surface area contributed by atoms with E-state index in [1.807, 2.05) is 6.20 Å². The van der Waals surface area contributed by atoms with Gasteiger partial charge in [0, 0.05) is 25.4 Å². The smallest absolute Gasteiger partial charge is 0.111 e. The quantitative estimate of drug-likeness (QED) is 0.734. The van der Waals surface area contributed by atoms with Gasteiger partial charge in [-0.1, -0.05) is 6.92 Å². The van der Waals surface area contributed by atoms with Crippen LogP contribution in [0.4, 0.5) is 0 Å². The number of aromatic nitrogens is 2. The van der Waals surface area contributed by atoms with E-state index in [-0.39, 0.29) is 6.10 Å². The molecular formula is C9H16N2O. The lowest BCUT2D eigenvalue weighted by atomic mass is 10.3. The second-order valence-corrected chi connectivity index (χ2v) is 3.09. The minimum absolute atomic E-state index is 0.303. The summed E-state index contributed by atoms with van der Waals surface area (Å²) in [5.41, 5.74) is 0. The molecule has 1 unspecified atom stereocenters. The predicted molar refractivity (Wildman–Crippen MR) is 47.9 cm³/mol. The molecule has 0 radical (unpaired) electrons. The highest BCUT2D eigenvalue weighted by Gasteiger charge is 2.04. The number of rotatable bonds is 4. The van der Waals surface area contributed by atoms with Gasteiger partial charge >= 0.3 is 0 Å². The summed E-state index contributed by atoms with van der Waals surface area (Å²) in [5, 5.41) is 9.16. The third-order valence-corrected chi connectivity index (χ3v) is 1.74. The summed E-state index contributed by atoms with van der Waals surface area (Å²) in [4.78, 5) is 4.18. The van der Waals surface area contributed by atoms with Gasteiger partial charge in [-0.3, -0.25) is 0 Å². The van der Waals surface area contributed by atoms with Crippen molar-refractivity contribution < 1.29 is 5.11 Å². The van der Waals surface area contributed by atoms with Gasteiger partial charge in [0.15, 0.2) is 0 Å². The number of aryl methyl sites for hydroxylation is 1. The third kappa shape index (κ3) is 2.34. The maximum absolute atomic E-state index is 9.16. The minimum Gasteiger partial charge on any atom is -0.393 e. The maximum Gasteiger partial charge on any atom is 0.111 e. The van der Waals surface area contributed by atoms with Crippen molar-refractivity contribution in [3.8, 4) is 0 Å². The van der Waals surface area contributed by atoms with E-state index in [1.165, 1.54) is 0 Å². The van der Waals surface area contributed by atoms with Crippen molar-refractivity contribution >= 4 is 0 Å². The topological polar surface area (TPSA) is 38.0 Å². The zero-order chi connectivity index (χ0) is 8.97. The average Bonchev–Trinajstić information content (AvgIpc) is 2.37. The van der Waals surface area contributed by atoms with Crippen LogP contribution in [0, 0.1) is 0 Å². The first-order chi connectivity index (χ1) is 5.74. The van der Waals surface area contributed by atoms with Gasteiger partial charge in [0.2, 0.25) is 0 Å². The van der Waals surface area contributed by atoms with Crippen LogP contribution in [0.5, 0.6) is 0 Å². The summed E-state index contributed by atoms with van der Waals surface area (Å²) in [6.07, 6.45) is 5.19. The number of hydrogen-bond donors (Lipinski definition) is 1. The maximum atomic E-state index is 9.16. The van der Waals surface area contributed by atoms with Crippen molar-refractivity contribution in [3.63, 3.8) is 0 Å². The molecule has 1 rings (SSSR count). The molecule has 68 valence electrons. The molecule has 0 aliphatic carbocycles. The Balaban J connectivity index is 2.63. The number of aliphatic hydroxyl groups is 1. The number of nitrogens with zero attached hydrogens (tertiary/aromatic N) is 2. The Labute approximate surface area is 73.1 Å². The Morgan fingerprint density at radius 1 is 1.67 bits per heavy atom. The lowest BCUT2D eigenvalue weighted by Crippen LogP contribution is -2.10. The molecule has 1 aromatic heterocycles. The second kappa shape index (κ2) is 4.26. The van der Waals surface area contributed by atoms with Crippen molar-refractivity contribution in [1.82, 2.24) is 9.55 Å². The van der Waals surface area contributed by atoms with E-state index in [0.29, 0.717) is 6.42 Å². The van der Waals surface area contributed by atoms with Crippen LogP contribution in [-0.2, 0) is 13.0 Å². The van der Waals surface area contributed by atoms with Gasteiger partial charge < -0.3 is 9.67 Å². The van der Waals surface area contributed by atoms with E-state index in [4.69, 9.17) is 5.11 Å². The number of aliphatic hydroxyl groups excluding tert-OH is 1. The lowest BCUT2D eigenvalue weighted by molar-refractivity contribution is 0.191. The summed E-state index contributed by atoms with van der Waals surface area (Å²) >= 11 is 0. The molecule has 3 nitrogen and oxygen atoms in total. The first kappa shape index (κ1) is 9.26. The second-order valence-electron chi connectivity index (χ2n) is 3.09. The normalized spacial score (nSPS) is 13.2. The highest BCUT2D eigenvalue weighted by Crippen LogP contribution is 2.02. The van der Waals surface area contributed by atoms with Crippen LogP contribution in [-0.4, -0.2) is 20.8 Å². The van der Waals surface area contributed by atoms with E-state index in [1.54, 1.807) is 13.1 Å². The zero-order valence-electron chi connectivity index (χ0n) is 7.70. The molecule has 1 heterocycles. The van der Waals surface area contributed by atoms with Crippen molar-refractivity contribution in [2.45, 2.75) is 39.3 Å². The first-order valence-corrected chi connectivity index (χ1v) is 4.42. The fraction of sp³-hybridized carbons (Fsp3) is 0.667. The van der Waals surface area contributed by atoms with Gasteiger partial charge in [-0.2, -0.15) is 0 Å². The van der Waals surface area contributed by atoms with Gasteiger partial charge in [-0.15, -0.1) is 0 Å². The fourth-order valence-corrected chi connectivity index (χ4v) is 1.24. The lowest BCUT2D eigenvalue weighted by Gasteiger charge is -2.07. The summed E-state index contributed by atoms with van der Waals surface area (Å²) in [5.74, 6) is 0.979. The summed E-state index contributed by atoms with van der Waals surface area (Å²) < 4.78 is 2.09. The van der Waals surface area contributed by atoms with Crippen LogP contribution >= 0.6 is 0 Å². The van der Waals surface area contributed by atoms with E-state index in [9.17, 15) is 0 Å². The fourth-order valence-electron chi connectivity index (χ4n) is 1.24. The van der Waals surface area contributed by atoms with E-state index in [2.05, 4.69) is 16.5 Å². The molecule has 1 N–H and O–H groups in total. The molecule has 12 heavy (non-hydrogen) atoms. The minimum atomic E-state index is -0.303. The van der Waals surface area contributed by atoms with Gasteiger partial charge in [0.1, 0.15) is 5.82 Å². The molecule has 0 amide bonds. The van der Waals surface area contributed by atoms with Crippen molar-refractivity contribution in [3.05, 3.63) is 18.2 Å². The van der Waals surface area contributed by atoms with Crippen LogP contribution in [0.15, 0.2) is 12.4 Å². The van der Waals surface area contributed by atoms with Crippen LogP contribution in [0.1, 0.15) is 26.1 Å².